The number of rotatable bonds is 16. The summed E-state index contributed by atoms with van der Waals surface area (Å²) in [5.74, 6) is 0. The van der Waals surface area contributed by atoms with Crippen LogP contribution in [0.25, 0.3) is 0 Å². The summed E-state index contributed by atoms with van der Waals surface area (Å²) in [6.07, 6.45) is -1.32. The lowest BCUT2D eigenvalue weighted by Crippen LogP contribution is -2.47. The van der Waals surface area contributed by atoms with Gasteiger partial charge in [-0.3, -0.25) is 0 Å². The van der Waals surface area contributed by atoms with E-state index in [1.54, 1.807) is 16.4 Å². The highest BCUT2D eigenvalue weighted by atomic mass is 32.2. The lowest BCUT2D eigenvalue weighted by atomic mass is 10.1. The van der Waals surface area contributed by atoms with Gasteiger partial charge >= 0.3 is 0 Å². The van der Waals surface area contributed by atoms with Crippen LogP contribution in [-0.2, 0) is 55.4 Å². The van der Waals surface area contributed by atoms with Gasteiger partial charge in [0.1, 0.15) is 12.2 Å². The second-order valence-corrected chi connectivity index (χ2v) is 14.1. The zero-order chi connectivity index (χ0) is 33.9. The van der Waals surface area contributed by atoms with Crippen LogP contribution >= 0.6 is 0 Å². The molecule has 5 aromatic rings. The summed E-state index contributed by atoms with van der Waals surface area (Å²) in [7, 11) is -4.06. The molecule has 6 rings (SSSR count). The number of hydrogen-bond acceptors (Lipinski definition) is 6. The molecule has 0 unspecified atom stereocenters. The van der Waals surface area contributed by atoms with Gasteiger partial charge in [-0.1, -0.05) is 139 Å². The normalized spacial score (nSPS) is 19.6. The van der Waals surface area contributed by atoms with Gasteiger partial charge in [-0.15, -0.1) is 0 Å². The van der Waals surface area contributed by atoms with Crippen LogP contribution in [-0.4, -0.2) is 50.2 Å². The first-order chi connectivity index (χ1) is 24.0. The first kappa shape index (κ1) is 34.7. The van der Waals surface area contributed by atoms with Crippen LogP contribution in [0.4, 0.5) is 0 Å². The number of nitrogens with zero attached hydrogens (tertiary/aromatic N) is 1. The Labute approximate surface area is 290 Å². The average molecular weight is 678 g/mol. The van der Waals surface area contributed by atoms with Crippen molar-refractivity contribution >= 4 is 10.0 Å². The summed E-state index contributed by atoms with van der Waals surface area (Å²) in [5, 5.41) is 0. The van der Waals surface area contributed by atoms with Crippen LogP contribution in [0, 0.1) is 6.92 Å². The maximum absolute atomic E-state index is 14.8. The minimum atomic E-state index is -4.06. The molecule has 7 nitrogen and oxygen atoms in total. The van der Waals surface area contributed by atoms with Gasteiger partial charge in [0.15, 0.2) is 0 Å². The van der Waals surface area contributed by atoms with Crippen LogP contribution < -0.4 is 0 Å². The molecule has 254 valence electrons. The summed E-state index contributed by atoms with van der Waals surface area (Å²) < 4.78 is 57.2. The van der Waals surface area contributed by atoms with Crippen LogP contribution in [0.15, 0.2) is 150 Å². The van der Waals surface area contributed by atoms with Crippen molar-refractivity contribution in [1.29, 1.82) is 0 Å². The lowest BCUT2D eigenvalue weighted by Gasteiger charge is -2.30. The molecule has 1 fully saturated rings. The molecule has 0 bridgehead atoms. The molecule has 0 radical (unpaired) electrons. The van der Waals surface area contributed by atoms with E-state index in [1.165, 1.54) is 0 Å². The molecule has 1 saturated heterocycles. The topological polar surface area (TPSA) is 74.3 Å². The number of sulfonamides is 1. The van der Waals surface area contributed by atoms with Crippen molar-refractivity contribution in [3.05, 3.63) is 173 Å². The third kappa shape index (κ3) is 9.10. The maximum atomic E-state index is 14.8. The van der Waals surface area contributed by atoms with E-state index < -0.39 is 34.3 Å². The molecule has 0 aliphatic carbocycles. The van der Waals surface area contributed by atoms with Crippen LogP contribution in [0.1, 0.15) is 27.8 Å². The van der Waals surface area contributed by atoms with E-state index in [0.29, 0.717) is 13.2 Å². The highest BCUT2D eigenvalue weighted by Gasteiger charge is 2.55. The van der Waals surface area contributed by atoms with Crippen molar-refractivity contribution in [3.8, 4) is 0 Å². The van der Waals surface area contributed by atoms with Gasteiger partial charge in [0, 0.05) is 0 Å². The van der Waals surface area contributed by atoms with E-state index in [2.05, 4.69) is 0 Å². The number of ether oxygens (including phenoxy) is 4. The quantitative estimate of drug-likeness (QED) is 0.109. The third-order valence-electron chi connectivity index (χ3n) is 8.70. The molecule has 0 aromatic heterocycles. The van der Waals surface area contributed by atoms with E-state index in [4.69, 9.17) is 18.9 Å². The molecule has 4 atom stereocenters. The van der Waals surface area contributed by atoms with Crippen molar-refractivity contribution in [2.24, 2.45) is 0 Å². The van der Waals surface area contributed by atoms with Crippen molar-refractivity contribution < 1.29 is 27.4 Å². The van der Waals surface area contributed by atoms with Crippen LogP contribution in [0.2, 0.25) is 0 Å². The van der Waals surface area contributed by atoms with Gasteiger partial charge in [-0.2, -0.15) is 4.31 Å². The molecule has 49 heavy (non-hydrogen) atoms. The minimum Gasteiger partial charge on any atom is -0.375 e. The predicted molar refractivity (Wildman–Crippen MR) is 190 cm³/mol. The fourth-order valence-electron chi connectivity index (χ4n) is 6.19. The van der Waals surface area contributed by atoms with Crippen molar-refractivity contribution in [3.63, 3.8) is 0 Å². The Kier molecular flexibility index (Phi) is 12.0. The van der Waals surface area contributed by atoms with Gasteiger partial charge in [-0.05, 0) is 41.3 Å². The van der Waals surface area contributed by atoms with E-state index in [0.717, 1.165) is 27.8 Å². The van der Waals surface area contributed by atoms with E-state index in [-0.39, 0.29) is 31.3 Å². The summed E-state index contributed by atoms with van der Waals surface area (Å²) in [6.45, 7) is 3.34. The molecule has 1 aliphatic heterocycles. The second-order valence-electron chi connectivity index (χ2n) is 12.3. The number of benzene rings is 5. The molecule has 1 aliphatic rings. The minimum absolute atomic E-state index is 0.0970. The lowest BCUT2D eigenvalue weighted by molar-refractivity contribution is -0.0914. The van der Waals surface area contributed by atoms with Crippen molar-refractivity contribution in [2.75, 3.05) is 13.2 Å². The Balaban J connectivity index is 1.38. The maximum Gasteiger partial charge on any atom is 0.243 e. The molecule has 0 amide bonds. The predicted octanol–water partition coefficient (Wildman–Crippen LogP) is 7.34. The molecule has 5 aromatic carbocycles. The summed E-state index contributed by atoms with van der Waals surface area (Å²) in [6, 6.07) is 45.0. The van der Waals surface area contributed by atoms with E-state index in [1.807, 2.05) is 140 Å². The van der Waals surface area contributed by atoms with Gasteiger partial charge in [-0.25, -0.2) is 8.42 Å². The molecule has 1 heterocycles. The van der Waals surface area contributed by atoms with Crippen LogP contribution in [0.3, 0.4) is 0 Å². The highest BCUT2D eigenvalue weighted by molar-refractivity contribution is 7.89. The van der Waals surface area contributed by atoms with Gasteiger partial charge in [0.25, 0.3) is 0 Å². The standard InChI is InChI=1S/C41H43NO6S/c1-32-22-24-37(25-23-32)49(43,44)42-38(30-45-26-33-14-6-2-7-15-33)40(47-28-35-18-10-4-11-19-35)41(48-29-36-20-12-5-13-21-36)39(42)31-46-27-34-16-8-3-9-17-34/h2-25,38-41H,26-31H2,1H3/t38-,39-,40+,41+/m0/s1. The Morgan fingerprint density at radius 2 is 0.837 bits per heavy atom. The molecule has 0 saturated carbocycles. The first-order valence-corrected chi connectivity index (χ1v) is 18.1. The smallest absolute Gasteiger partial charge is 0.243 e. The molecular formula is C41H43NO6S. The zero-order valence-corrected chi connectivity index (χ0v) is 28.5. The third-order valence-corrected chi connectivity index (χ3v) is 10.7. The van der Waals surface area contributed by atoms with Gasteiger partial charge < -0.3 is 18.9 Å². The fraction of sp³-hybridized carbons (Fsp3) is 0.268. The Morgan fingerprint density at radius 3 is 1.20 bits per heavy atom. The molecule has 8 heteroatoms. The van der Waals surface area contributed by atoms with Crippen molar-refractivity contribution in [1.82, 2.24) is 4.31 Å². The average Bonchev–Trinajstić information content (AvgIpc) is 3.44. The Hall–Kier alpha value is -4.15. The second kappa shape index (κ2) is 17.0. The SMILES string of the molecule is Cc1ccc(S(=O)(=O)N2[C@@H](COCc3ccccc3)[C@@H](OCc3ccccc3)[C@H](OCc3ccccc3)[C@@H]2COCc2ccccc2)cc1. The molecular weight excluding hydrogens is 635 g/mol. The summed E-state index contributed by atoms with van der Waals surface area (Å²) in [4.78, 5) is 0.199. The fourth-order valence-corrected chi connectivity index (χ4v) is 7.99. The Morgan fingerprint density at radius 1 is 0.490 bits per heavy atom. The first-order valence-electron chi connectivity index (χ1n) is 16.6. The zero-order valence-electron chi connectivity index (χ0n) is 27.7. The van der Waals surface area contributed by atoms with E-state index in [9.17, 15) is 8.42 Å². The number of hydrogen-bond donors (Lipinski definition) is 0. The van der Waals surface area contributed by atoms with Crippen molar-refractivity contribution in [2.45, 2.75) is 62.5 Å². The highest BCUT2D eigenvalue weighted by Crippen LogP contribution is 2.37. The van der Waals surface area contributed by atoms with Gasteiger partial charge in [0.2, 0.25) is 10.0 Å². The number of aryl methyl sites for hydroxylation is 1. The largest absolute Gasteiger partial charge is 0.375 e. The van der Waals surface area contributed by atoms with E-state index >= 15 is 0 Å². The Bertz CT molecular complexity index is 1710. The summed E-state index contributed by atoms with van der Waals surface area (Å²) >= 11 is 0. The monoisotopic (exact) mass is 677 g/mol. The van der Waals surface area contributed by atoms with Crippen LogP contribution in [0.5, 0.6) is 0 Å². The summed E-state index contributed by atoms with van der Waals surface area (Å²) in [5.41, 5.74) is 4.92. The van der Waals surface area contributed by atoms with Gasteiger partial charge in [0.05, 0.1) is 56.6 Å². The molecule has 0 spiro atoms. The molecule has 0 N–H and O–H groups in total.